The third-order valence-corrected chi connectivity index (χ3v) is 6.06. The van der Waals surface area contributed by atoms with E-state index in [0.717, 1.165) is 25.3 Å². The van der Waals surface area contributed by atoms with Crippen molar-refractivity contribution in [3.8, 4) is 17.1 Å². The van der Waals surface area contributed by atoms with Gasteiger partial charge in [-0.1, -0.05) is 6.07 Å². The number of nitrogens with one attached hydrogen (secondary N) is 2. The number of ether oxygens (including phenoxy) is 1. The summed E-state index contributed by atoms with van der Waals surface area (Å²) in [6.45, 7) is 1.85. The molecule has 30 heavy (non-hydrogen) atoms. The second kappa shape index (κ2) is 6.87. The Kier molecular flexibility index (Phi) is 4.39. The average Bonchev–Trinajstić information content (AvgIpc) is 3.21. The van der Waals surface area contributed by atoms with E-state index in [1.807, 2.05) is 18.2 Å². The highest BCUT2D eigenvalue weighted by molar-refractivity contribution is 5.64. The van der Waals surface area contributed by atoms with Crippen LogP contribution in [0.3, 0.4) is 0 Å². The molecule has 1 aliphatic carbocycles. The van der Waals surface area contributed by atoms with Crippen molar-refractivity contribution in [3.05, 3.63) is 42.2 Å². The Hall–Kier alpha value is -2.81. The number of aromatic nitrogens is 3. The first-order valence-corrected chi connectivity index (χ1v) is 9.98. The first-order chi connectivity index (χ1) is 14.4. The van der Waals surface area contributed by atoms with E-state index >= 15 is 0 Å². The van der Waals surface area contributed by atoms with E-state index in [0.29, 0.717) is 23.1 Å². The van der Waals surface area contributed by atoms with Crippen LogP contribution in [-0.4, -0.2) is 46.8 Å². The lowest BCUT2D eigenvalue weighted by Crippen LogP contribution is -2.29. The molecule has 2 aliphatic rings. The van der Waals surface area contributed by atoms with Crippen molar-refractivity contribution in [1.82, 2.24) is 19.7 Å². The Morgan fingerprint density at radius 1 is 1.30 bits per heavy atom. The van der Waals surface area contributed by atoms with Gasteiger partial charge in [0.05, 0.1) is 30.1 Å². The summed E-state index contributed by atoms with van der Waals surface area (Å²) < 4.78 is 48.3. The van der Waals surface area contributed by atoms with Gasteiger partial charge >= 0.3 is 6.18 Å². The lowest BCUT2D eigenvalue weighted by Gasteiger charge is -2.22. The van der Waals surface area contributed by atoms with Crippen LogP contribution in [0.5, 0.6) is 5.75 Å². The van der Waals surface area contributed by atoms with Gasteiger partial charge in [-0.25, -0.2) is 9.97 Å². The summed E-state index contributed by atoms with van der Waals surface area (Å²) in [6, 6.07) is 7.49. The van der Waals surface area contributed by atoms with E-state index < -0.39 is 11.6 Å². The molecule has 0 aromatic carbocycles. The van der Waals surface area contributed by atoms with Crippen LogP contribution >= 0.6 is 0 Å². The second-order valence-electron chi connectivity index (χ2n) is 7.95. The minimum atomic E-state index is -4.33. The number of pyridine rings is 2. The van der Waals surface area contributed by atoms with Crippen LogP contribution in [-0.2, 0) is 5.41 Å². The number of anilines is 1. The summed E-state index contributed by atoms with van der Waals surface area (Å²) in [5, 5.41) is 6.70. The molecule has 2 N–H and O–H groups in total. The van der Waals surface area contributed by atoms with Crippen molar-refractivity contribution in [1.29, 1.82) is 0 Å². The van der Waals surface area contributed by atoms with Crippen LogP contribution in [0.1, 0.15) is 24.8 Å². The highest BCUT2D eigenvalue weighted by Gasteiger charge is 2.65. The average molecular weight is 417 g/mol. The molecule has 0 bridgehead atoms. The van der Waals surface area contributed by atoms with E-state index in [4.69, 9.17) is 4.74 Å². The number of methoxy groups -OCH3 is 1. The first kappa shape index (κ1) is 19.2. The molecule has 3 aromatic heterocycles. The van der Waals surface area contributed by atoms with Gasteiger partial charge in [0.25, 0.3) is 0 Å². The Balaban J connectivity index is 1.57. The molecule has 0 amide bonds. The molecule has 9 heteroatoms. The van der Waals surface area contributed by atoms with Crippen LogP contribution in [0.2, 0.25) is 0 Å². The van der Waals surface area contributed by atoms with Crippen LogP contribution in [0, 0.1) is 0 Å². The summed E-state index contributed by atoms with van der Waals surface area (Å²) in [4.78, 5) is 9.05. The van der Waals surface area contributed by atoms with E-state index in [9.17, 15) is 13.2 Å². The topological polar surface area (TPSA) is 63.5 Å². The molecule has 158 valence electrons. The maximum Gasteiger partial charge on any atom is 0.398 e. The number of rotatable bonds is 5. The van der Waals surface area contributed by atoms with Gasteiger partial charge in [0, 0.05) is 30.4 Å². The standard InChI is InChI=1S/C21H22F3N5O/c1-30-17-9-19-26-11-16(29(19)12-14(17)20(6-7-20)21(22,23)24)15-3-2-4-18(28-15)27-13-5-8-25-10-13/h2-4,9,11-13,25H,5-8,10H2,1H3,(H,27,28). The lowest BCUT2D eigenvalue weighted by molar-refractivity contribution is -0.161. The quantitative estimate of drug-likeness (QED) is 0.662. The fraction of sp³-hybridized carbons (Fsp3) is 0.429. The van der Waals surface area contributed by atoms with Crippen molar-refractivity contribution in [2.45, 2.75) is 36.9 Å². The molecule has 5 rings (SSSR count). The molecular formula is C21H22F3N5O. The van der Waals surface area contributed by atoms with Gasteiger partial charge in [0.1, 0.15) is 17.2 Å². The van der Waals surface area contributed by atoms with Crippen LogP contribution < -0.4 is 15.4 Å². The van der Waals surface area contributed by atoms with Crippen molar-refractivity contribution in [2.24, 2.45) is 0 Å². The lowest BCUT2D eigenvalue weighted by atomic mass is 9.96. The molecule has 6 nitrogen and oxygen atoms in total. The molecule has 0 spiro atoms. The highest BCUT2D eigenvalue weighted by Crippen LogP contribution is 2.60. The Labute approximate surface area is 171 Å². The van der Waals surface area contributed by atoms with Crippen molar-refractivity contribution in [2.75, 3.05) is 25.5 Å². The molecule has 1 saturated heterocycles. The van der Waals surface area contributed by atoms with E-state index in [1.165, 1.54) is 13.3 Å². The number of fused-ring (bicyclic) bond motifs is 1. The zero-order valence-electron chi connectivity index (χ0n) is 16.5. The molecular weight excluding hydrogens is 395 g/mol. The van der Waals surface area contributed by atoms with Gasteiger partial charge < -0.3 is 15.4 Å². The third kappa shape index (κ3) is 3.08. The number of alkyl halides is 3. The summed E-state index contributed by atoms with van der Waals surface area (Å²) in [5.41, 5.74) is 0.103. The SMILES string of the molecule is COc1cc2ncc(-c3cccc(NC4CCNC4)n3)n2cc1C1(C(F)(F)F)CC1. The monoisotopic (exact) mass is 417 g/mol. The molecule has 1 unspecified atom stereocenters. The zero-order valence-corrected chi connectivity index (χ0v) is 16.5. The van der Waals surface area contributed by atoms with Gasteiger partial charge in [-0.3, -0.25) is 4.40 Å². The normalized spacial score (nSPS) is 20.5. The van der Waals surface area contributed by atoms with Gasteiger partial charge in [-0.05, 0) is 37.9 Å². The maximum absolute atomic E-state index is 13.8. The van der Waals surface area contributed by atoms with Crippen molar-refractivity contribution >= 4 is 11.5 Å². The number of hydrogen-bond donors (Lipinski definition) is 2. The summed E-state index contributed by atoms with van der Waals surface area (Å²) in [5.74, 6) is 0.949. The number of nitrogens with zero attached hydrogens (tertiary/aromatic N) is 3. The zero-order chi connectivity index (χ0) is 20.9. The summed E-state index contributed by atoms with van der Waals surface area (Å²) in [7, 11) is 1.39. The second-order valence-corrected chi connectivity index (χ2v) is 7.95. The Morgan fingerprint density at radius 2 is 2.13 bits per heavy atom. The molecule has 1 saturated carbocycles. The van der Waals surface area contributed by atoms with Crippen LogP contribution in [0.15, 0.2) is 36.7 Å². The molecule has 2 fully saturated rings. The Bertz CT molecular complexity index is 1080. The van der Waals surface area contributed by atoms with Crippen molar-refractivity contribution < 1.29 is 17.9 Å². The molecule has 4 heterocycles. The maximum atomic E-state index is 13.8. The minimum absolute atomic E-state index is 0.0650. The van der Waals surface area contributed by atoms with E-state index in [1.54, 1.807) is 16.7 Å². The third-order valence-electron chi connectivity index (χ3n) is 6.06. The van der Waals surface area contributed by atoms with E-state index in [-0.39, 0.29) is 24.2 Å². The fourth-order valence-corrected chi connectivity index (χ4v) is 4.20. The first-order valence-electron chi connectivity index (χ1n) is 9.98. The smallest absolute Gasteiger partial charge is 0.398 e. The predicted octanol–water partition coefficient (Wildman–Crippen LogP) is 3.77. The molecule has 1 atom stereocenters. The van der Waals surface area contributed by atoms with Crippen LogP contribution in [0.4, 0.5) is 19.0 Å². The van der Waals surface area contributed by atoms with Crippen LogP contribution in [0.25, 0.3) is 17.0 Å². The van der Waals surface area contributed by atoms with Gasteiger partial charge in [-0.2, -0.15) is 13.2 Å². The molecule has 1 aliphatic heterocycles. The number of imidazole rings is 1. The summed E-state index contributed by atoms with van der Waals surface area (Å²) in [6.07, 6.45) is -0.0319. The molecule has 3 aromatic rings. The number of hydrogen-bond acceptors (Lipinski definition) is 5. The predicted molar refractivity (Wildman–Crippen MR) is 107 cm³/mol. The summed E-state index contributed by atoms with van der Waals surface area (Å²) >= 11 is 0. The van der Waals surface area contributed by atoms with Gasteiger partial charge in [0.15, 0.2) is 0 Å². The molecule has 0 radical (unpaired) electrons. The van der Waals surface area contributed by atoms with E-state index in [2.05, 4.69) is 20.6 Å². The fourth-order valence-electron chi connectivity index (χ4n) is 4.20. The van der Waals surface area contributed by atoms with Gasteiger partial charge in [0.2, 0.25) is 0 Å². The highest BCUT2D eigenvalue weighted by atomic mass is 19.4. The largest absolute Gasteiger partial charge is 0.496 e. The number of halogens is 3. The van der Waals surface area contributed by atoms with Gasteiger partial charge in [-0.15, -0.1) is 0 Å². The minimum Gasteiger partial charge on any atom is -0.496 e. The Morgan fingerprint density at radius 3 is 2.80 bits per heavy atom. The van der Waals surface area contributed by atoms with Crippen molar-refractivity contribution in [3.63, 3.8) is 0 Å².